The molecule has 0 fully saturated rings. The molecule has 0 aliphatic heterocycles. The summed E-state index contributed by atoms with van der Waals surface area (Å²) in [5, 5.41) is 13.1. The Morgan fingerprint density at radius 1 is 1.07 bits per heavy atom. The van der Waals surface area contributed by atoms with Gasteiger partial charge in [-0.2, -0.15) is 0 Å². The van der Waals surface area contributed by atoms with Gasteiger partial charge in [-0.1, -0.05) is 12.1 Å². The summed E-state index contributed by atoms with van der Waals surface area (Å²) in [6.45, 7) is -0.0448. The van der Waals surface area contributed by atoms with Crippen molar-refractivity contribution in [3.63, 3.8) is 0 Å². The van der Waals surface area contributed by atoms with Crippen LogP contribution in [0.15, 0.2) is 36.4 Å². The number of phenols is 1. The first-order valence-corrected chi connectivity index (χ1v) is 8.89. The van der Waals surface area contributed by atoms with Crippen LogP contribution in [0, 0.1) is 0 Å². The Bertz CT molecular complexity index is 851. The fraction of sp³-hybridized carbons (Fsp3) is 0.300. The molecule has 0 saturated heterocycles. The number of hydrogen-bond acceptors (Lipinski definition) is 5. The molecule has 3 rings (SSSR count). The van der Waals surface area contributed by atoms with Gasteiger partial charge in [-0.3, -0.25) is 20.4 Å². The molecule has 0 unspecified atom stereocenters. The van der Waals surface area contributed by atoms with Gasteiger partial charge in [-0.05, 0) is 61.1 Å². The smallest absolute Gasteiger partial charge is 0.273 e. The lowest BCUT2D eigenvalue weighted by molar-refractivity contribution is -0.120. The molecular formula is C20H23N3O4. The van der Waals surface area contributed by atoms with Crippen LogP contribution in [0.5, 0.6) is 11.5 Å². The monoisotopic (exact) mass is 369 g/mol. The first-order chi connectivity index (χ1) is 13.1. The van der Waals surface area contributed by atoms with Crippen molar-refractivity contribution in [1.29, 1.82) is 0 Å². The van der Waals surface area contributed by atoms with Crippen molar-refractivity contribution >= 4 is 17.5 Å². The van der Waals surface area contributed by atoms with Gasteiger partial charge in [-0.25, -0.2) is 0 Å². The van der Waals surface area contributed by atoms with Crippen molar-refractivity contribution in [2.75, 3.05) is 19.0 Å². The fourth-order valence-corrected chi connectivity index (χ4v) is 3.16. The second-order valence-electron chi connectivity index (χ2n) is 6.40. The Kier molecular flexibility index (Phi) is 5.80. The topological polar surface area (TPSA) is 99.7 Å². The highest BCUT2D eigenvalue weighted by atomic mass is 16.5. The number of phenolic OH excluding ortho intramolecular Hbond substituents is 1. The lowest BCUT2D eigenvalue weighted by Crippen LogP contribution is -2.44. The number of hydrogen-bond donors (Lipinski definition) is 4. The molecule has 142 valence electrons. The van der Waals surface area contributed by atoms with Gasteiger partial charge in [-0.15, -0.1) is 0 Å². The number of aryl methyl sites for hydroxylation is 2. The zero-order chi connectivity index (χ0) is 19.2. The van der Waals surface area contributed by atoms with E-state index in [1.807, 2.05) is 12.1 Å². The minimum Gasteiger partial charge on any atom is -0.507 e. The highest BCUT2D eigenvalue weighted by molar-refractivity contribution is 5.98. The molecular weight excluding hydrogens is 346 g/mol. The van der Waals surface area contributed by atoms with Crippen LogP contribution in [-0.2, 0) is 17.6 Å². The zero-order valence-electron chi connectivity index (χ0n) is 15.2. The molecule has 2 aromatic carbocycles. The van der Waals surface area contributed by atoms with E-state index in [1.54, 1.807) is 31.4 Å². The summed E-state index contributed by atoms with van der Waals surface area (Å²) in [7, 11) is 1.55. The third-order valence-corrected chi connectivity index (χ3v) is 4.57. The van der Waals surface area contributed by atoms with E-state index in [0.29, 0.717) is 11.4 Å². The van der Waals surface area contributed by atoms with Crippen LogP contribution in [0.3, 0.4) is 0 Å². The van der Waals surface area contributed by atoms with Crippen LogP contribution in [0.1, 0.15) is 34.3 Å². The average Bonchev–Trinajstić information content (AvgIpc) is 2.70. The molecule has 0 radical (unpaired) electrons. The second-order valence-corrected chi connectivity index (χ2v) is 6.40. The van der Waals surface area contributed by atoms with Crippen molar-refractivity contribution in [2.45, 2.75) is 25.7 Å². The summed E-state index contributed by atoms with van der Waals surface area (Å²) in [5.41, 5.74) is 7.68. The van der Waals surface area contributed by atoms with Crippen LogP contribution in [0.2, 0.25) is 0 Å². The SMILES string of the molecule is COc1ccccc1NCC(=O)NNC(=O)c1cc2c(cc1O)CCCC2. The highest BCUT2D eigenvalue weighted by Crippen LogP contribution is 2.28. The van der Waals surface area contributed by atoms with Crippen LogP contribution < -0.4 is 20.9 Å². The number of rotatable bonds is 5. The number of fused-ring (bicyclic) bond motifs is 1. The number of para-hydroxylation sites is 2. The minimum atomic E-state index is -0.550. The largest absolute Gasteiger partial charge is 0.507 e. The summed E-state index contributed by atoms with van der Waals surface area (Å²) < 4.78 is 5.20. The molecule has 2 aromatic rings. The highest BCUT2D eigenvalue weighted by Gasteiger charge is 2.18. The molecule has 7 heteroatoms. The molecule has 2 amide bonds. The molecule has 0 aromatic heterocycles. The predicted molar refractivity (Wildman–Crippen MR) is 102 cm³/mol. The third kappa shape index (κ3) is 4.49. The molecule has 0 spiro atoms. The van der Waals surface area contributed by atoms with Gasteiger partial charge in [0.15, 0.2) is 0 Å². The van der Waals surface area contributed by atoms with Gasteiger partial charge in [0.2, 0.25) is 0 Å². The van der Waals surface area contributed by atoms with Gasteiger partial charge in [0.25, 0.3) is 11.8 Å². The van der Waals surface area contributed by atoms with Crippen molar-refractivity contribution in [3.8, 4) is 11.5 Å². The lowest BCUT2D eigenvalue weighted by atomic mass is 9.90. The Labute approximate surface area is 157 Å². The standard InChI is InChI=1S/C20H23N3O4/c1-27-18-9-5-4-8-16(18)21-12-19(25)22-23-20(26)15-10-13-6-2-3-7-14(13)11-17(15)24/h4-5,8-11,21,24H,2-3,6-7,12H2,1H3,(H,22,25)(H,23,26). The van der Waals surface area contributed by atoms with Gasteiger partial charge in [0, 0.05) is 0 Å². The Morgan fingerprint density at radius 3 is 2.52 bits per heavy atom. The number of aromatic hydroxyl groups is 1. The molecule has 1 aliphatic carbocycles. The normalized spacial score (nSPS) is 12.6. The third-order valence-electron chi connectivity index (χ3n) is 4.57. The zero-order valence-corrected chi connectivity index (χ0v) is 15.2. The summed E-state index contributed by atoms with van der Waals surface area (Å²) in [6.07, 6.45) is 3.97. The number of carbonyl (C=O) groups excluding carboxylic acids is 2. The molecule has 1 aliphatic rings. The number of nitrogens with one attached hydrogen (secondary N) is 3. The number of ether oxygens (including phenoxy) is 1. The predicted octanol–water partition coefficient (Wildman–Crippen LogP) is 2.15. The summed E-state index contributed by atoms with van der Waals surface area (Å²) in [4.78, 5) is 24.3. The van der Waals surface area contributed by atoms with Gasteiger partial charge in [0.1, 0.15) is 11.5 Å². The molecule has 0 saturated carbocycles. The van der Waals surface area contributed by atoms with Gasteiger partial charge < -0.3 is 15.2 Å². The molecule has 0 heterocycles. The fourth-order valence-electron chi connectivity index (χ4n) is 3.16. The maximum Gasteiger partial charge on any atom is 0.273 e. The maximum atomic E-state index is 12.3. The van der Waals surface area contributed by atoms with Crippen LogP contribution in [-0.4, -0.2) is 30.6 Å². The van der Waals surface area contributed by atoms with Crippen LogP contribution in [0.4, 0.5) is 5.69 Å². The van der Waals surface area contributed by atoms with E-state index >= 15 is 0 Å². The van der Waals surface area contributed by atoms with Crippen molar-refractivity contribution in [2.24, 2.45) is 0 Å². The van der Waals surface area contributed by atoms with Crippen LogP contribution >= 0.6 is 0 Å². The number of anilines is 1. The van der Waals surface area contributed by atoms with Gasteiger partial charge in [0.05, 0.1) is 24.9 Å². The number of benzene rings is 2. The number of amides is 2. The first-order valence-electron chi connectivity index (χ1n) is 8.89. The van der Waals surface area contributed by atoms with Crippen LogP contribution in [0.25, 0.3) is 0 Å². The molecule has 4 N–H and O–H groups in total. The number of hydrazine groups is 1. The number of carbonyl (C=O) groups is 2. The van der Waals surface area contributed by atoms with E-state index in [9.17, 15) is 14.7 Å². The van der Waals surface area contributed by atoms with E-state index in [-0.39, 0.29) is 17.9 Å². The van der Waals surface area contributed by atoms with E-state index in [4.69, 9.17) is 4.74 Å². The van der Waals surface area contributed by atoms with E-state index < -0.39 is 11.8 Å². The Hall–Kier alpha value is -3.22. The first kappa shape index (κ1) is 18.6. The molecule has 0 atom stereocenters. The number of methoxy groups -OCH3 is 1. The summed E-state index contributed by atoms with van der Waals surface area (Å²) >= 11 is 0. The molecule has 7 nitrogen and oxygen atoms in total. The summed E-state index contributed by atoms with van der Waals surface area (Å²) in [6, 6.07) is 10.6. The minimum absolute atomic E-state index is 0.0448. The molecule has 27 heavy (non-hydrogen) atoms. The Morgan fingerprint density at radius 2 is 1.78 bits per heavy atom. The van der Waals surface area contributed by atoms with E-state index in [2.05, 4.69) is 16.2 Å². The summed E-state index contributed by atoms with van der Waals surface area (Å²) in [5.74, 6) is -0.430. The van der Waals surface area contributed by atoms with Crippen molar-refractivity contribution in [1.82, 2.24) is 10.9 Å². The van der Waals surface area contributed by atoms with E-state index in [0.717, 1.165) is 36.8 Å². The molecule has 0 bridgehead atoms. The Balaban J connectivity index is 1.55. The average molecular weight is 369 g/mol. The van der Waals surface area contributed by atoms with Gasteiger partial charge >= 0.3 is 0 Å². The van der Waals surface area contributed by atoms with E-state index in [1.165, 1.54) is 0 Å². The maximum absolute atomic E-state index is 12.3. The van der Waals surface area contributed by atoms with Crippen molar-refractivity contribution in [3.05, 3.63) is 53.1 Å². The van der Waals surface area contributed by atoms with Crippen molar-refractivity contribution < 1.29 is 19.4 Å². The lowest BCUT2D eigenvalue weighted by Gasteiger charge is -2.18. The quantitative estimate of drug-likeness (QED) is 0.605. The second kappa shape index (κ2) is 8.44.